The van der Waals surface area contributed by atoms with Gasteiger partial charge in [-0.2, -0.15) is 0 Å². The summed E-state index contributed by atoms with van der Waals surface area (Å²) >= 11 is 0. The van der Waals surface area contributed by atoms with Gasteiger partial charge < -0.3 is 29.5 Å². The van der Waals surface area contributed by atoms with Crippen molar-refractivity contribution in [2.24, 2.45) is 0 Å². The van der Waals surface area contributed by atoms with Crippen LogP contribution in [0.4, 0.5) is 5.82 Å². The van der Waals surface area contributed by atoms with E-state index in [9.17, 15) is 4.79 Å². The maximum atomic E-state index is 12.5. The van der Waals surface area contributed by atoms with E-state index in [1.807, 2.05) is 54.6 Å². The van der Waals surface area contributed by atoms with Crippen LogP contribution in [0.1, 0.15) is 36.2 Å². The van der Waals surface area contributed by atoms with Crippen LogP contribution in [0.15, 0.2) is 77.6 Å². The number of hydrogen-bond donors (Lipinski definition) is 3. The van der Waals surface area contributed by atoms with Crippen LogP contribution in [0.3, 0.4) is 0 Å². The van der Waals surface area contributed by atoms with Crippen molar-refractivity contribution in [3.63, 3.8) is 0 Å². The highest BCUT2D eigenvalue weighted by Gasteiger charge is 2.26. The first-order valence-electron chi connectivity index (χ1n) is 13.4. The average Bonchev–Trinajstić information content (AvgIpc) is 3.68. The zero-order valence-electron chi connectivity index (χ0n) is 22.4. The zero-order valence-corrected chi connectivity index (χ0v) is 22.4. The molecule has 9 heteroatoms. The molecule has 3 N–H and O–H groups in total. The average molecular weight is 538 g/mol. The van der Waals surface area contributed by atoms with Crippen molar-refractivity contribution in [1.82, 2.24) is 20.3 Å². The van der Waals surface area contributed by atoms with Gasteiger partial charge in [0.1, 0.15) is 35.1 Å². The lowest BCUT2D eigenvalue weighted by Gasteiger charge is -2.30. The lowest BCUT2D eigenvalue weighted by atomic mass is 9.91. The van der Waals surface area contributed by atoms with E-state index in [1.54, 1.807) is 26.5 Å². The number of rotatable bonds is 8. The SMILES string of the molecule is COc1ccc(-c2oc3ncnc(N[C@H]4CC[C@H](NC(=O)c5ccc[nH]5)CC4)c3c2-c2ccc(OC)cc2)cc1. The van der Waals surface area contributed by atoms with Crippen LogP contribution >= 0.6 is 0 Å². The third-order valence-electron chi connectivity index (χ3n) is 7.47. The summed E-state index contributed by atoms with van der Waals surface area (Å²) in [5.74, 6) is 2.93. The fraction of sp³-hybridized carbons (Fsp3) is 0.258. The molecule has 9 nitrogen and oxygen atoms in total. The van der Waals surface area contributed by atoms with E-state index in [1.165, 1.54) is 6.33 Å². The van der Waals surface area contributed by atoms with Crippen LogP contribution in [-0.4, -0.2) is 47.2 Å². The van der Waals surface area contributed by atoms with Gasteiger partial charge in [-0.3, -0.25) is 4.79 Å². The van der Waals surface area contributed by atoms with E-state index < -0.39 is 0 Å². The number of nitrogens with zero attached hydrogens (tertiary/aromatic N) is 2. The first-order chi connectivity index (χ1) is 19.6. The van der Waals surface area contributed by atoms with Crippen LogP contribution in [0.25, 0.3) is 33.6 Å². The molecule has 0 bridgehead atoms. The quantitative estimate of drug-likeness (QED) is 0.221. The summed E-state index contributed by atoms with van der Waals surface area (Å²) in [4.78, 5) is 24.6. The number of anilines is 1. The summed E-state index contributed by atoms with van der Waals surface area (Å²) < 4.78 is 17.1. The second-order valence-corrected chi connectivity index (χ2v) is 9.92. The lowest BCUT2D eigenvalue weighted by molar-refractivity contribution is 0.0922. The fourth-order valence-electron chi connectivity index (χ4n) is 5.33. The van der Waals surface area contributed by atoms with Crippen LogP contribution < -0.4 is 20.1 Å². The number of methoxy groups -OCH3 is 2. The topological polar surface area (TPSA) is 114 Å². The van der Waals surface area contributed by atoms with Gasteiger partial charge in [-0.15, -0.1) is 0 Å². The predicted octanol–water partition coefficient (Wildman–Crippen LogP) is 6.06. The first kappa shape index (κ1) is 25.5. The minimum atomic E-state index is -0.0625. The van der Waals surface area contributed by atoms with E-state index in [0.29, 0.717) is 17.2 Å². The Morgan fingerprint density at radius 1 is 0.875 bits per heavy atom. The summed E-state index contributed by atoms with van der Waals surface area (Å²) in [7, 11) is 3.30. The smallest absolute Gasteiger partial charge is 0.267 e. The van der Waals surface area contributed by atoms with Gasteiger partial charge in [0, 0.05) is 29.4 Å². The minimum Gasteiger partial charge on any atom is -0.497 e. The zero-order chi connectivity index (χ0) is 27.5. The molecule has 0 aliphatic heterocycles. The number of H-pyrrole nitrogens is 1. The second-order valence-electron chi connectivity index (χ2n) is 9.92. The highest BCUT2D eigenvalue weighted by molar-refractivity contribution is 6.06. The minimum absolute atomic E-state index is 0.0625. The van der Waals surface area contributed by atoms with Gasteiger partial charge >= 0.3 is 0 Å². The van der Waals surface area contributed by atoms with Crippen LogP contribution in [0, 0.1) is 0 Å². The Hall–Kier alpha value is -4.79. The molecule has 0 radical (unpaired) electrons. The van der Waals surface area contributed by atoms with E-state index in [0.717, 1.165) is 65.1 Å². The summed E-state index contributed by atoms with van der Waals surface area (Å²) in [6.45, 7) is 0. The molecule has 1 fully saturated rings. The maximum Gasteiger partial charge on any atom is 0.267 e. The highest BCUT2D eigenvalue weighted by atomic mass is 16.5. The normalized spacial score (nSPS) is 16.9. The Labute approximate surface area is 231 Å². The van der Waals surface area contributed by atoms with Crippen LogP contribution in [-0.2, 0) is 0 Å². The molecule has 2 aromatic carbocycles. The van der Waals surface area contributed by atoms with Crippen molar-refractivity contribution in [2.45, 2.75) is 37.8 Å². The number of hydrogen-bond acceptors (Lipinski definition) is 7. The highest BCUT2D eigenvalue weighted by Crippen LogP contribution is 2.43. The van der Waals surface area contributed by atoms with Crippen molar-refractivity contribution < 1.29 is 18.7 Å². The Balaban J connectivity index is 1.30. The van der Waals surface area contributed by atoms with Gasteiger partial charge in [-0.1, -0.05) is 12.1 Å². The van der Waals surface area contributed by atoms with E-state index in [-0.39, 0.29) is 18.0 Å². The molecular formula is C31H31N5O4. The number of ether oxygens (including phenoxy) is 2. The number of nitrogens with one attached hydrogen (secondary N) is 3. The number of amides is 1. The van der Waals surface area contributed by atoms with Crippen LogP contribution in [0.2, 0.25) is 0 Å². The Morgan fingerprint density at radius 3 is 2.15 bits per heavy atom. The van der Waals surface area contributed by atoms with Crippen molar-refractivity contribution in [3.8, 4) is 33.9 Å². The fourth-order valence-corrected chi connectivity index (χ4v) is 5.33. The van der Waals surface area contributed by atoms with Crippen LogP contribution in [0.5, 0.6) is 11.5 Å². The van der Waals surface area contributed by atoms with Gasteiger partial charge in [0.05, 0.1) is 19.6 Å². The molecule has 1 aliphatic rings. The third kappa shape index (κ3) is 5.10. The molecule has 1 saturated carbocycles. The molecule has 0 unspecified atom stereocenters. The Bertz CT molecular complexity index is 1590. The molecular weight excluding hydrogens is 506 g/mol. The van der Waals surface area contributed by atoms with Gasteiger partial charge in [0.25, 0.3) is 5.91 Å². The molecule has 40 heavy (non-hydrogen) atoms. The number of benzene rings is 2. The van der Waals surface area contributed by atoms with Crippen molar-refractivity contribution in [2.75, 3.05) is 19.5 Å². The summed E-state index contributed by atoms with van der Waals surface area (Å²) in [6.07, 6.45) is 6.86. The number of aromatic amines is 1. The molecule has 0 spiro atoms. The van der Waals surface area contributed by atoms with E-state index >= 15 is 0 Å². The maximum absolute atomic E-state index is 12.5. The number of aromatic nitrogens is 3. The van der Waals surface area contributed by atoms with Gasteiger partial charge in [-0.05, 0) is 79.8 Å². The van der Waals surface area contributed by atoms with E-state index in [4.69, 9.17) is 13.9 Å². The molecule has 1 aliphatic carbocycles. The summed E-state index contributed by atoms with van der Waals surface area (Å²) in [5, 5.41) is 7.65. The molecule has 3 heterocycles. The van der Waals surface area contributed by atoms with Gasteiger partial charge in [0.2, 0.25) is 5.71 Å². The second kappa shape index (κ2) is 11.1. The molecule has 204 valence electrons. The molecule has 1 amide bonds. The Kier molecular flexibility index (Phi) is 7.09. The monoisotopic (exact) mass is 537 g/mol. The number of furan rings is 1. The Morgan fingerprint density at radius 2 is 1.52 bits per heavy atom. The van der Waals surface area contributed by atoms with Crippen molar-refractivity contribution >= 4 is 22.8 Å². The van der Waals surface area contributed by atoms with Crippen molar-refractivity contribution in [3.05, 3.63) is 78.9 Å². The predicted molar refractivity (Wildman–Crippen MR) is 154 cm³/mol. The molecule has 6 rings (SSSR count). The van der Waals surface area contributed by atoms with E-state index in [2.05, 4.69) is 25.6 Å². The van der Waals surface area contributed by atoms with Gasteiger partial charge in [0.15, 0.2) is 0 Å². The van der Waals surface area contributed by atoms with Gasteiger partial charge in [-0.25, -0.2) is 9.97 Å². The summed E-state index contributed by atoms with van der Waals surface area (Å²) in [5.41, 5.74) is 3.90. The molecule has 0 saturated heterocycles. The lowest BCUT2D eigenvalue weighted by Crippen LogP contribution is -2.40. The molecule has 3 aromatic heterocycles. The molecule has 5 aromatic rings. The standard InChI is InChI=1S/C31H31N5O4/c1-38-23-13-5-19(6-14-23)26-27-29(33-18-34-31(27)40-28(26)20-7-15-24(39-2)16-8-20)35-21-9-11-22(12-10-21)36-30(37)25-4-3-17-32-25/h3-8,13-18,21-22,32H,9-12H2,1-2H3,(H,36,37)(H,33,34,35)/t21-,22-. The number of carbonyl (C=O) groups excluding carboxylic acids is 1. The third-order valence-corrected chi connectivity index (χ3v) is 7.47. The summed E-state index contributed by atoms with van der Waals surface area (Å²) in [6, 6.07) is 19.7. The first-order valence-corrected chi connectivity index (χ1v) is 13.4. The largest absolute Gasteiger partial charge is 0.497 e. The van der Waals surface area contributed by atoms with Crippen molar-refractivity contribution in [1.29, 1.82) is 0 Å². The number of fused-ring (bicyclic) bond motifs is 1. The molecule has 0 atom stereocenters. The number of carbonyl (C=O) groups is 1.